The summed E-state index contributed by atoms with van der Waals surface area (Å²) >= 11 is 0. The second-order valence-corrected chi connectivity index (χ2v) is 7.65. The van der Waals surface area contributed by atoms with Gasteiger partial charge in [-0.15, -0.1) is 0 Å². The first-order valence-corrected chi connectivity index (χ1v) is 9.40. The molecule has 134 valence electrons. The van der Waals surface area contributed by atoms with Crippen LogP contribution in [0, 0.1) is 18.8 Å². The van der Waals surface area contributed by atoms with Crippen molar-refractivity contribution < 1.29 is 4.79 Å². The number of imidazole rings is 1. The van der Waals surface area contributed by atoms with Gasteiger partial charge in [-0.2, -0.15) is 5.10 Å². The molecule has 1 saturated carbocycles. The fourth-order valence-corrected chi connectivity index (χ4v) is 3.83. The molecule has 0 atom stereocenters. The standard InChI is InChI=1S/C19H27N5O/c1-14-12-20-18(24(14)13-16-3-4-16)11-15-6-9-23(10-7-15)19(25)17-5-8-21-22(17)2/h5,8,12,15-16H,3-4,6-7,9-11,13H2,1-2H3. The first kappa shape index (κ1) is 16.4. The Morgan fingerprint density at radius 2 is 1.96 bits per heavy atom. The smallest absolute Gasteiger partial charge is 0.272 e. The predicted molar refractivity (Wildman–Crippen MR) is 95.2 cm³/mol. The minimum atomic E-state index is 0.101. The van der Waals surface area contributed by atoms with E-state index in [0.717, 1.165) is 44.8 Å². The zero-order valence-electron chi connectivity index (χ0n) is 15.2. The molecular formula is C19H27N5O. The average molecular weight is 341 g/mol. The largest absolute Gasteiger partial charge is 0.337 e. The highest BCUT2D eigenvalue weighted by atomic mass is 16.2. The molecule has 4 rings (SSSR count). The number of aryl methyl sites for hydroxylation is 2. The van der Waals surface area contributed by atoms with E-state index in [4.69, 9.17) is 0 Å². The molecule has 0 spiro atoms. The molecule has 2 aromatic heterocycles. The van der Waals surface area contributed by atoms with Gasteiger partial charge in [-0.25, -0.2) is 4.98 Å². The van der Waals surface area contributed by atoms with Crippen LogP contribution in [-0.2, 0) is 20.0 Å². The highest BCUT2D eigenvalue weighted by Crippen LogP contribution is 2.32. The van der Waals surface area contributed by atoms with Gasteiger partial charge in [0.1, 0.15) is 11.5 Å². The molecular weight excluding hydrogens is 314 g/mol. The van der Waals surface area contributed by atoms with Gasteiger partial charge in [0, 0.05) is 51.2 Å². The van der Waals surface area contributed by atoms with E-state index in [2.05, 4.69) is 21.6 Å². The number of aromatic nitrogens is 4. The highest BCUT2D eigenvalue weighted by molar-refractivity contribution is 5.92. The molecule has 25 heavy (non-hydrogen) atoms. The Bertz CT molecular complexity index is 750. The van der Waals surface area contributed by atoms with Gasteiger partial charge in [0.25, 0.3) is 5.91 Å². The number of nitrogens with zero attached hydrogens (tertiary/aromatic N) is 5. The Morgan fingerprint density at radius 3 is 2.60 bits per heavy atom. The lowest BCUT2D eigenvalue weighted by Gasteiger charge is -2.32. The van der Waals surface area contributed by atoms with Crippen LogP contribution in [0.1, 0.15) is 47.7 Å². The lowest BCUT2D eigenvalue weighted by atomic mass is 9.93. The summed E-state index contributed by atoms with van der Waals surface area (Å²) in [5.41, 5.74) is 1.96. The Kier molecular flexibility index (Phi) is 4.36. The van der Waals surface area contributed by atoms with Crippen LogP contribution in [-0.4, -0.2) is 43.2 Å². The molecule has 1 amide bonds. The molecule has 0 bridgehead atoms. The third kappa shape index (κ3) is 3.48. The highest BCUT2D eigenvalue weighted by Gasteiger charge is 2.27. The third-order valence-electron chi connectivity index (χ3n) is 5.69. The van der Waals surface area contributed by atoms with E-state index in [1.807, 2.05) is 18.1 Å². The number of likely N-dealkylation sites (tertiary alicyclic amines) is 1. The minimum Gasteiger partial charge on any atom is -0.337 e. The van der Waals surface area contributed by atoms with Crippen LogP contribution >= 0.6 is 0 Å². The molecule has 0 radical (unpaired) electrons. The Hall–Kier alpha value is -2.11. The Morgan fingerprint density at radius 1 is 1.20 bits per heavy atom. The summed E-state index contributed by atoms with van der Waals surface area (Å²) in [6.07, 6.45) is 9.57. The fourth-order valence-electron chi connectivity index (χ4n) is 3.83. The topological polar surface area (TPSA) is 56.0 Å². The molecule has 0 unspecified atom stereocenters. The maximum absolute atomic E-state index is 12.6. The number of rotatable bonds is 5. The van der Waals surface area contributed by atoms with E-state index in [0.29, 0.717) is 11.6 Å². The number of hydrogen-bond donors (Lipinski definition) is 0. The lowest BCUT2D eigenvalue weighted by Crippen LogP contribution is -2.39. The zero-order chi connectivity index (χ0) is 17.4. The van der Waals surface area contributed by atoms with Crippen molar-refractivity contribution in [3.05, 3.63) is 35.7 Å². The maximum atomic E-state index is 12.6. The van der Waals surface area contributed by atoms with Gasteiger partial charge < -0.3 is 9.47 Å². The van der Waals surface area contributed by atoms with Crippen LogP contribution in [0.3, 0.4) is 0 Å². The van der Waals surface area contributed by atoms with Gasteiger partial charge >= 0.3 is 0 Å². The molecule has 1 aliphatic heterocycles. The van der Waals surface area contributed by atoms with Crippen LogP contribution in [0.2, 0.25) is 0 Å². The first-order valence-electron chi connectivity index (χ1n) is 9.40. The van der Waals surface area contributed by atoms with E-state index in [-0.39, 0.29) is 5.91 Å². The van der Waals surface area contributed by atoms with E-state index in [9.17, 15) is 4.79 Å². The first-order chi connectivity index (χ1) is 12.1. The summed E-state index contributed by atoms with van der Waals surface area (Å²) < 4.78 is 4.08. The number of carbonyl (C=O) groups excluding carboxylic acids is 1. The second-order valence-electron chi connectivity index (χ2n) is 7.65. The number of amides is 1. The fraction of sp³-hybridized carbons (Fsp3) is 0.632. The monoisotopic (exact) mass is 341 g/mol. The van der Waals surface area contributed by atoms with Crippen LogP contribution in [0.15, 0.2) is 18.5 Å². The molecule has 6 nitrogen and oxygen atoms in total. The molecule has 3 heterocycles. The van der Waals surface area contributed by atoms with Crippen molar-refractivity contribution in [1.82, 2.24) is 24.2 Å². The SMILES string of the molecule is Cc1cnc(CC2CCN(C(=O)c3ccnn3C)CC2)n1CC1CC1. The maximum Gasteiger partial charge on any atom is 0.272 e. The van der Waals surface area contributed by atoms with Crippen molar-refractivity contribution in [1.29, 1.82) is 0 Å². The summed E-state index contributed by atoms with van der Waals surface area (Å²) in [6.45, 7) is 4.96. The summed E-state index contributed by atoms with van der Waals surface area (Å²) in [5, 5.41) is 4.10. The number of piperidine rings is 1. The quantitative estimate of drug-likeness (QED) is 0.839. The molecule has 2 fully saturated rings. The molecule has 1 aliphatic carbocycles. The predicted octanol–water partition coefficient (Wildman–Crippen LogP) is 2.43. The van der Waals surface area contributed by atoms with Gasteiger partial charge in [-0.1, -0.05) is 0 Å². The minimum absolute atomic E-state index is 0.101. The van der Waals surface area contributed by atoms with Crippen LogP contribution in [0.25, 0.3) is 0 Å². The third-order valence-corrected chi connectivity index (χ3v) is 5.69. The van der Waals surface area contributed by atoms with Crippen LogP contribution in [0.4, 0.5) is 0 Å². The normalized spacial score (nSPS) is 18.7. The van der Waals surface area contributed by atoms with Gasteiger partial charge in [0.15, 0.2) is 0 Å². The van der Waals surface area contributed by atoms with E-state index >= 15 is 0 Å². The second kappa shape index (κ2) is 6.65. The van der Waals surface area contributed by atoms with Crippen molar-refractivity contribution >= 4 is 5.91 Å². The summed E-state index contributed by atoms with van der Waals surface area (Å²) in [4.78, 5) is 19.2. The molecule has 2 aliphatic rings. The van der Waals surface area contributed by atoms with E-state index in [1.165, 1.54) is 24.4 Å². The zero-order valence-corrected chi connectivity index (χ0v) is 15.2. The van der Waals surface area contributed by atoms with Gasteiger partial charge in [-0.05, 0) is 50.5 Å². The van der Waals surface area contributed by atoms with Crippen molar-refractivity contribution in [2.75, 3.05) is 13.1 Å². The van der Waals surface area contributed by atoms with Crippen LogP contribution in [0.5, 0.6) is 0 Å². The molecule has 0 N–H and O–H groups in total. The van der Waals surface area contributed by atoms with Gasteiger partial charge in [0.05, 0.1) is 0 Å². The summed E-state index contributed by atoms with van der Waals surface area (Å²) in [5.74, 6) is 2.82. The van der Waals surface area contributed by atoms with Gasteiger partial charge in [-0.3, -0.25) is 9.48 Å². The molecule has 2 aromatic rings. The molecule has 0 aromatic carbocycles. The summed E-state index contributed by atoms with van der Waals surface area (Å²) in [6, 6.07) is 1.80. The van der Waals surface area contributed by atoms with Crippen LogP contribution < -0.4 is 0 Å². The molecule has 6 heteroatoms. The average Bonchev–Trinajstić information content (AvgIpc) is 3.25. The van der Waals surface area contributed by atoms with E-state index < -0.39 is 0 Å². The summed E-state index contributed by atoms with van der Waals surface area (Å²) in [7, 11) is 1.82. The number of carbonyl (C=O) groups is 1. The number of hydrogen-bond acceptors (Lipinski definition) is 3. The molecule has 1 saturated heterocycles. The van der Waals surface area contributed by atoms with Crippen molar-refractivity contribution in [2.45, 2.75) is 45.6 Å². The Balaban J connectivity index is 1.35. The van der Waals surface area contributed by atoms with E-state index in [1.54, 1.807) is 16.9 Å². The Labute approximate surface area is 148 Å². The van der Waals surface area contributed by atoms with Crippen molar-refractivity contribution in [3.63, 3.8) is 0 Å². The van der Waals surface area contributed by atoms with Crippen molar-refractivity contribution in [2.24, 2.45) is 18.9 Å². The van der Waals surface area contributed by atoms with Gasteiger partial charge in [0.2, 0.25) is 0 Å². The lowest BCUT2D eigenvalue weighted by molar-refractivity contribution is 0.0678. The van der Waals surface area contributed by atoms with Crippen molar-refractivity contribution in [3.8, 4) is 0 Å².